The van der Waals surface area contributed by atoms with E-state index in [0.29, 0.717) is 6.42 Å². The van der Waals surface area contributed by atoms with E-state index in [2.05, 4.69) is 19.1 Å². The second-order valence-corrected chi connectivity index (χ2v) is 7.87. The van der Waals surface area contributed by atoms with Gasteiger partial charge in [0, 0.05) is 0 Å². The number of unbranched alkanes of at least 4 members (excludes halogenated alkanes) is 10. The van der Waals surface area contributed by atoms with Crippen molar-refractivity contribution in [2.24, 2.45) is 0 Å². The van der Waals surface area contributed by atoms with Crippen LogP contribution in [0, 0.1) is 0 Å². The van der Waals surface area contributed by atoms with Gasteiger partial charge in [0.05, 0.1) is 11.2 Å². The van der Waals surface area contributed by atoms with E-state index in [1.54, 1.807) is 0 Å². The molecule has 0 aromatic heterocycles. The SMILES string of the molecule is CCCCCCCC/C=C\CCCCCCC(C(=O)[O-])S(=O)(=O)[O-].[Na+]. The van der Waals surface area contributed by atoms with Crippen LogP contribution >= 0.6 is 0 Å². The fraction of sp³-hybridized carbons (Fsp3) is 0.833. The molecule has 0 amide bonds. The number of rotatable bonds is 16. The van der Waals surface area contributed by atoms with Gasteiger partial charge < -0.3 is 14.5 Å². The molecule has 0 aliphatic heterocycles. The molecular weight excluding hydrogens is 351 g/mol. The molecular formula is C18H32NaO5S-. The average molecular weight is 384 g/mol. The van der Waals surface area contributed by atoms with Crippen molar-refractivity contribution in [3.8, 4) is 0 Å². The summed E-state index contributed by atoms with van der Waals surface area (Å²) in [4.78, 5) is 10.6. The first-order chi connectivity index (χ1) is 11.4. The van der Waals surface area contributed by atoms with Crippen LogP contribution in [0.5, 0.6) is 0 Å². The van der Waals surface area contributed by atoms with E-state index in [9.17, 15) is 22.9 Å². The Labute approximate surface area is 175 Å². The van der Waals surface area contributed by atoms with Gasteiger partial charge >= 0.3 is 29.6 Å². The van der Waals surface area contributed by atoms with Crippen LogP contribution in [0.1, 0.15) is 90.4 Å². The molecule has 142 valence electrons. The van der Waals surface area contributed by atoms with Gasteiger partial charge in [-0.2, -0.15) is 0 Å². The maximum Gasteiger partial charge on any atom is 1.00 e. The predicted octanol–water partition coefficient (Wildman–Crippen LogP) is 0.302. The minimum atomic E-state index is -4.81. The Bertz CT molecular complexity index is 448. The van der Waals surface area contributed by atoms with Crippen LogP contribution < -0.4 is 34.7 Å². The number of carbonyl (C=O) groups is 1. The second kappa shape index (κ2) is 17.5. The molecule has 0 radical (unpaired) electrons. The Morgan fingerprint density at radius 1 is 0.880 bits per heavy atom. The number of allylic oxidation sites excluding steroid dienone is 2. The van der Waals surface area contributed by atoms with Gasteiger partial charge in [-0.25, -0.2) is 8.42 Å². The Hall–Kier alpha value is 0.120. The summed E-state index contributed by atoms with van der Waals surface area (Å²) in [7, 11) is -4.81. The third-order valence-corrected chi connectivity index (χ3v) is 5.21. The van der Waals surface area contributed by atoms with Gasteiger partial charge in [0.1, 0.15) is 10.1 Å². The number of carboxylic acid groups (broad SMARTS) is 1. The Kier molecular flexibility index (Phi) is 19.2. The summed E-state index contributed by atoms with van der Waals surface area (Å²) in [5, 5.41) is 8.70. The summed E-state index contributed by atoms with van der Waals surface area (Å²) in [6.07, 6.45) is 17.2. The smallest absolute Gasteiger partial charge is 0.747 e. The standard InChI is InChI=1S/C18H34O5S.Na/c1-2-3-4-5-6-7-8-9-10-11-12-13-14-15-16-17(18(19)20)24(21,22)23;/h9-10,17H,2-8,11-16H2,1H3,(H,19,20)(H,21,22,23);/q;+1/p-2/b10-9-;. The van der Waals surface area contributed by atoms with E-state index in [1.165, 1.54) is 38.5 Å². The van der Waals surface area contributed by atoms with Crippen molar-refractivity contribution in [3.63, 3.8) is 0 Å². The third kappa shape index (κ3) is 17.3. The van der Waals surface area contributed by atoms with Crippen LogP contribution in [-0.4, -0.2) is 24.2 Å². The zero-order valence-corrected chi connectivity index (χ0v) is 18.7. The summed E-state index contributed by atoms with van der Waals surface area (Å²) >= 11 is 0. The summed E-state index contributed by atoms with van der Waals surface area (Å²) < 4.78 is 32.3. The zero-order chi connectivity index (χ0) is 18.3. The van der Waals surface area contributed by atoms with Gasteiger partial charge in [-0.05, 0) is 32.1 Å². The van der Waals surface area contributed by atoms with Crippen molar-refractivity contribution in [2.75, 3.05) is 0 Å². The molecule has 5 nitrogen and oxygen atoms in total. The molecule has 1 atom stereocenters. The van der Waals surface area contributed by atoms with Crippen LogP contribution in [0.25, 0.3) is 0 Å². The normalized spacial score (nSPS) is 12.9. The molecule has 0 spiro atoms. The molecule has 25 heavy (non-hydrogen) atoms. The molecule has 0 fully saturated rings. The molecule has 7 heteroatoms. The first kappa shape index (κ1) is 27.3. The molecule has 1 unspecified atom stereocenters. The second-order valence-electron chi connectivity index (χ2n) is 6.32. The van der Waals surface area contributed by atoms with Crippen molar-refractivity contribution in [2.45, 2.75) is 95.6 Å². The molecule has 0 saturated carbocycles. The first-order valence-corrected chi connectivity index (χ1v) is 10.7. The maximum atomic E-state index is 10.8. The van der Waals surface area contributed by atoms with Gasteiger partial charge in [0.25, 0.3) is 0 Å². The minimum Gasteiger partial charge on any atom is -0.747 e. The van der Waals surface area contributed by atoms with Crippen LogP contribution in [0.4, 0.5) is 0 Å². The van der Waals surface area contributed by atoms with Crippen molar-refractivity contribution in [1.82, 2.24) is 0 Å². The Morgan fingerprint density at radius 3 is 1.76 bits per heavy atom. The number of hydrogen-bond donors (Lipinski definition) is 0. The van der Waals surface area contributed by atoms with Gasteiger partial charge in [-0.15, -0.1) is 0 Å². The molecule has 0 heterocycles. The molecule has 0 aromatic rings. The molecule has 0 rings (SSSR count). The third-order valence-electron chi connectivity index (χ3n) is 4.09. The number of hydrogen-bond acceptors (Lipinski definition) is 5. The van der Waals surface area contributed by atoms with E-state index >= 15 is 0 Å². The number of carboxylic acids is 1. The summed E-state index contributed by atoms with van der Waals surface area (Å²) in [6, 6.07) is 0. The fourth-order valence-electron chi connectivity index (χ4n) is 2.60. The number of carbonyl (C=O) groups excluding carboxylic acids is 1. The van der Waals surface area contributed by atoms with Crippen LogP contribution in [0.3, 0.4) is 0 Å². The van der Waals surface area contributed by atoms with E-state index < -0.39 is 21.3 Å². The first-order valence-electron chi connectivity index (χ1n) is 9.20. The summed E-state index contributed by atoms with van der Waals surface area (Å²) in [6.45, 7) is 2.22. The van der Waals surface area contributed by atoms with Crippen molar-refractivity contribution in [3.05, 3.63) is 12.2 Å². The van der Waals surface area contributed by atoms with Crippen LogP contribution in [0.15, 0.2) is 12.2 Å². The summed E-state index contributed by atoms with van der Waals surface area (Å²) in [5.41, 5.74) is 0. The fourth-order valence-corrected chi connectivity index (χ4v) is 3.29. The largest absolute Gasteiger partial charge is 1.00 e. The van der Waals surface area contributed by atoms with Crippen LogP contribution in [-0.2, 0) is 14.9 Å². The van der Waals surface area contributed by atoms with Crippen molar-refractivity contribution < 1.29 is 52.4 Å². The van der Waals surface area contributed by atoms with Crippen LogP contribution in [0.2, 0.25) is 0 Å². The average Bonchev–Trinajstić information content (AvgIpc) is 2.49. The van der Waals surface area contributed by atoms with Gasteiger partial charge in [-0.1, -0.05) is 70.4 Å². The van der Waals surface area contributed by atoms with E-state index in [4.69, 9.17) is 0 Å². The van der Waals surface area contributed by atoms with Gasteiger partial charge in [0.15, 0.2) is 0 Å². The monoisotopic (exact) mass is 383 g/mol. The van der Waals surface area contributed by atoms with E-state index in [1.807, 2.05) is 0 Å². The van der Waals surface area contributed by atoms with E-state index in [0.717, 1.165) is 32.1 Å². The maximum absolute atomic E-state index is 10.8. The summed E-state index contributed by atoms with van der Waals surface area (Å²) in [5.74, 6) is -1.79. The molecule has 0 N–H and O–H groups in total. The molecule has 0 saturated heterocycles. The molecule has 0 bridgehead atoms. The minimum absolute atomic E-state index is 0. The molecule has 0 aliphatic carbocycles. The zero-order valence-electron chi connectivity index (χ0n) is 15.9. The van der Waals surface area contributed by atoms with Crippen molar-refractivity contribution in [1.29, 1.82) is 0 Å². The quantitative estimate of drug-likeness (QED) is 0.165. The Balaban J connectivity index is 0. The van der Waals surface area contributed by atoms with Gasteiger partial charge in [0.2, 0.25) is 0 Å². The van der Waals surface area contributed by atoms with Gasteiger partial charge in [-0.3, -0.25) is 0 Å². The molecule has 0 aliphatic rings. The topological polar surface area (TPSA) is 97.3 Å². The van der Waals surface area contributed by atoms with E-state index in [-0.39, 0.29) is 36.0 Å². The number of aliphatic carboxylic acids is 1. The van der Waals surface area contributed by atoms with Crippen molar-refractivity contribution >= 4 is 16.1 Å². The molecule has 0 aromatic carbocycles. The predicted molar refractivity (Wildman–Crippen MR) is 93.3 cm³/mol. The Morgan fingerprint density at radius 2 is 1.32 bits per heavy atom.